The Labute approximate surface area is 155 Å². The highest BCUT2D eigenvalue weighted by Gasteiger charge is 2.20. The minimum absolute atomic E-state index is 0.179. The number of likely N-dealkylation sites (N-methyl/N-ethyl adjacent to an activating group) is 2. The van der Waals surface area contributed by atoms with Gasteiger partial charge in [-0.3, -0.25) is 4.79 Å². The van der Waals surface area contributed by atoms with E-state index in [-0.39, 0.29) is 12.0 Å². The predicted molar refractivity (Wildman–Crippen MR) is 102 cm³/mol. The van der Waals surface area contributed by atoms with E-state index < -0.39 is 5.60 Å². The van der Waals surface area contributed by atoms with Crippen molar-refractivity contribution in [2.75, 3.05) is 38.6 Å². The van der Waals surface area contributed by atoms with Crippen LogP contribution in [0.5, 0.6) is 0 Å². The molecule has 0 aromatic heterocycles. The van der Waals surface area contributed by atoms with Gasteiger partial charge < -0.3 is 19.9 Å². The fraction of sp³-hybridized carbons (Fsp3) is 0.556. The molecule has 0 unspecified atom stereocenters. The van der Waals surface area contributed by atoms with E-state index in [9.17, 15) is 9.59 Å². The molecule has 0 atom stereocenters. The number of nitrogens with zero attached hydrogens (tertiary/aromatic N) is 2. The lowest BCUT2D eigenvalue weighted by molar-refractivity contribution is 0.0303. The second kappa shape index (κ2) is 8.94. The molecule has 1 aromatic carbocycles. The number of carbonyl (C=O) groups excluding carboxylic acids is 2. The van der Waals surface area contributed by atoms with E-state index in [1.54, 1.807) is 31.1 Å². The predicted octanol–water partition coefficient (Wildman–Crippen LogP) is 3.39. The van der Waals surface area contributed by atoms with Crippen LogP contribution in [0.25, 0.3) is 0 Å². The summed E-state index contributed by atoms with van der Waals surface area (Å²) in [6, 6.07) is 5.21. The fourth-order valence-corrected chi connectivity index (χ4v) is 2.50. The van der Waals surface area contributed by atoms with Crippen molar-refractivity contribution in [3.63, 3.8) is 0 Å². The van der Waals surface area contributed by atoms with Gasteiger partial charge in [0, 0.05) is 39.3 Å². The molecule has 25 heavy (non-hydrogen) atoms. The third kappa shape index (κ3) is 6.46. The Hall–Kier alpha value is -1.95. The van der Waals surface area contributed by atoms with Crippen molar-refractivity contribution in [3.05, 3.63) is 28.8 Å². The molecule has 0 bridgehead atoms. The topological polar surface area (TPSA) is 61.9 Å². The number of ether oxygens (including phenoxy) is 1. The summed E-state index contributed by atoms with van der Waals surface area (Å²) in [6.45, 7) is 9.35. The third-order valence-corrected chi connectivity index (χ3v) is 3.87. The van der Waals surface area contributed by atoms with Gasteiger partial charge in [-0.25, -0.2) is 4.79 Å². The largest absolute Gasteiger partial charge is 0.444 e. The molecule has 0 saturated heterocycles. The second-order valence-corrected chi connectivity index (χ2v) is 7.13. The minimum atomic E-state index is -0.519. The van der Waals surface area contributed by atoms with Gasteiger partial charge in [0.2, 0.25) is 0 Å². The van der Waals surface area contributed by atoms with Gasteiger partial charge in [0.15, 0.2) is 0 Å². The zero-order valence-corrected chi connectivity index (χ0v) is 16.6. The summed E-state index contributed by atoms with van der Waals surface area (Å²) in [7, 11) is 3.28. The number of amides is 2. The van der Waals surface area contributed by atoms with Crippen LogP contribution in [-0.2, 0) is 4.74 Å². The molecule has 0 saturated carbocycles. The van der Waals surface area contributed by atoms with Crippen molar-refractivity contribution < 1.29 is 14.3 Å². The maximum atomic E-state index is 12.0. The van der Waals surface area contributed by atoms with Crippen LogP contribution in [0.1, 0.15) is 38.1 Å². The normalized spacial score (nSPS) is 11.0. The Morgan fingerprint density at radius 2 is 1.88 bits per heavy atom. The molecule has 0 fully saturated rings. The van der Waals surface area contributed by atoms with Crippen LogP contribution in [0, 0.1) is 0 Å². The van der Waals surface area contributed by atoms with Crippen molar-refractivity contribution in [1.82, 2.24) is 10.2 Å². The SMILES string of the molecule is CCN(CCN(C)C(=O)OC(C)(C)C)c1ccc(C(=O)NC)cc1Cl. The second-order valence-electron chi connectivity index (χ2n) is 6.73. The average molecular weight is 370 g/mol. The molecule has 1 rings (SSSR count). The molecule has 0 aliphatic carbocycles. The van der Waals surface area contributed by atoms with E-state index in [4.69, 9.17) is 16.3 Å². The number of hydrogen-bond donors (Lipinski definition) is 1. The van der Waals surface area contributed by atoms with Crippen LogP contribution in [0.15, 0.2) is 18.2 Å². The number of rotatable bonds is 6. The molecule has 0 aliphatic rings. The Kier molecular flexibility index (Phi) is 7.55. The van der Waals surface area contributed by atoms with E-state index in [2.05, 4.69) is 10.2 Å². The van der Waals surface area contributed by atoms with Gasteiger partial charge in [0.25, 0.3) is 5.91 Å². The lowest BCUT2D eigenvalue weighted by Crippen LogP contribution is -2.39. The van der Waals surface area contributed by atoms with Gasteiger partial charge in [0.1, 0.15) is 5.60 Å². The van der Waals surface area contributed by atoms with Gasteiger partial charge in [-0.05, 0) is 45.9 Å². The lowest BCUT2D eigenvalue weighted by Gasteiger charge is -2.29. The monoisotopic (exact) mass is 369 g/mol. The first-order valence-corrected chi connectivity index (χ1v) is 8.67. The summed E-state index contributed by atoms with van der Waals surface area (Å²) in [4.78, 5) is 27.3. The van der Waals surface area contributed by atoms with Crippen molar-refractivity contribution in [1.29, 1.82) is 0 Å². The third-order valence-electron chi connectivity index (χ3n) is 3.57. The smallest absolute Gasteiger partial charge is 0.410 e. The highest BCUT2D eigenvalue weighted by Crippen LogP contribution is 2.27. The van der Waals surface area contributed by atoms with E-state index in [0.717, 1.165) is 12.2 Å². The zero-order chi connectivity index (χ0) is 19.2. The summed E-state index contributed by atoms with van der Waals surface area (Å²) >= 11 is 6.34. The lowest BCUT2D eigenvalue weighted by atomic mass is 10.1. The Bertz CT molecular complexity index is 614. The van der Waals surface area contributed by atoms with Gasteiger partial charge in [-0.1, -0.05) is 11.6 Å². The standard InChI is InChI=1S/C18H28ClN3O3/c1-7-22(11-10-21(6)17(24)25-18(2,3)4)15-9-8-13(12-14(15)19)16(23)20-5/h8-9,12H,7,10-11H2,1-6H3,(H,20,23). The number of hydrogen-bond acceptors (Lipinski definition) is 4. The van der Waals surface area contributed by atoms with Crippen molar-refractivity contribution in [2.24, 2.45) is 0 Å². The highest BCUT2D eigenvalue weighted by atomic mass is 35.5. The van der Waals surface area contributed by atoms with E-state index in [1.165, 1.54) is 0 Å². The first-order valence-electron chi connectivity index (χ1n) is 8.29. The number of anilines is 1. The summed E-state index contributed by atoms with van der Waals surface area (Å²) < 4.78 is 5.35. The van der Waals surface area contributed by atoms with Crippen LogP contribution < -0.4 is 10.2 Å². The van der Waals surface area contributed by atoms with Gasteiger partial charge in [0.05, 0.1) is 10.7 Å². The van der Waals surface area contributed by atoms with E-state index >= 15 is 0 Å². The van der Waals surface area contributed by atoms with Crippen LogP contribution in [0.2, 0.25) is 5.02 Å². The van der Waals surface area contributed by atoms with Crippen LogP contribution in [0.4, 0.5) is 10.5 Å². The molecule has 1 N–H and O–H groups in total. The summed E-state index contributed by atoms with van der Waals surface area (Å²) in [5, 5.41) is 3.08. The van der Waals surface area contributed by atoms with Crippen molar-refractivity contribution in [3.8, 4) is 0 Å². The molecule has 6 nitrogen and oxygen atoms in total. The molecule has 2 amide bonds. The molecule has 140 valence electrons. The van der Waals surface area contributed by atoms with Crippen molar-refractivity contribution in [2.45, 2.75) is 33.3 Å². The maximum absolute atomic E-state index is 12.0. The van der Waals surface area contributed by atoms with Crippen molar-refractivity contribution >= 4 is 29.3 Å². The van der Waals surface area contributed by atoms with Gasteiger partial charge >= 0.3 is 6.09 Å². The van der Waals surface area contributed by atoms with Gasteiger partial charge in [-0.2, -0.15) is 0 Å². The summed E-state index contributed by atoms with van der Waals surface area (Å²) in [6.07, 6.45) is -0.357. The first-order chi connectivity index (χ1) is 11.6. The maximum Gasteiger partial charge on any atom is 0.410 e. The molecular weight excluding hydrogens is 342 g/mol. The molecule has 7 heteroatoms. The van der Waals surface area contributed by atoms with Gasteiger partial charge in [-0.15, -0.1) is 0 Å². The molecule has 0 radical (unpaired) electrons. The van der Waals surface area contributed by atoms with E-state index in [1.807, 2.05) is 33.8 Å². The Balaban J connectivity index is 2.77. The molecule has 1 aromatic rings. The zero-order valence-electron chi connectivity index (χ0n) is 15.9. The summed E-state index contributed by atoms with van der Waals surface area (Å²) in [5.41, 5.74) is 0.821. The first kappa shape index (κ1) is 21.1. The summed E-state index contributed by atoms with van der Waals surface area (Å²) in [5.74, 6) is -0.179. The number of halogens is 1. The molecule has 0 aliphatic heterocycles. The van der Waals surface area contributed by atoms with Crippen LogP contribution >= 0.6 is 11.6 Å². The van der Waals surface area contributed by atoms with Crippen LogP contribution in [-0.4, -0.2) is 56.2 Å². The highest BCUT2D eigenvalue weighted by molar-refractivity contribution is 6.33. The fourth-order valence-electron chi connectivity index (χ4n) is 2.20. The number of nitrogens with one attached hydrogen (secondary N) is 1. The average Bonchev–Trinajstić information content (AvgIpc) is 2.53. The quantitative estimate of drug-likeness (QED) is 0.834. The molecular formula is C18H28ClN3O3. The molecule has 0 spiro atoms. The minimum Gasteiger partial charge on any atom is -0.444 e. The van der Waals surface area contributed by atoms with E-state index in [0.29, 0.717) is 23.7 Å². The Morgan fingerprint density at radius 3 is 2.36 bits per heavy atom. The number of carbonyl (C=O) groups is 2. The molecule has 0 heterocycles. The number of benzene rings is 1. The Morgan fingerprint density at radius 1 is 1.24 bits per heavy atom. The van der Waals surface area contributed by atoms with Crippen LogP contribution in [0.3, 0.4) is 0 Å².